The van der Waals surface area contributed by atoms with Crippen molar-refractivity contribution in [2.24, 2.45) is 13.0 Å². The summed E-state index contributed by atoms with van der Waals surface area (Å²) in [6.07, 6.45) is 1.55. The van der Waals surface area contributed by atoms with Gasteiger partial charge in [-0.2, -0.15) is 5.26 Å². The first-order valence-electron chi connectivity index (χ1n) is 4.46. The first-order valence-corrected chi connectivity index (χ1v) is 5.44. The van der Waals surface area contributed by atoms with E-state index in [1.807, 2.05) is 6.07 Å². The molecule has 0 fully saturated rings. The number of carbonyl (C=O) groups excluding carboxylic acids is 1. The van der Waals surface area contributed by atoms with E-state index in [-0.39, 0.29) is 11.5 Å². The number of thioether (sulfide) groups is 1. The molecular formula is C9H12N5OS+. The third kappa shape index (κ3) is 2.92. The lowest BCUT2D eigenvalue weighted by atomic mass is 10.1. The molecule has 84 valence electrons. The van der Waals surface area contributed by atoms with Crippen LogP contribution in [0.25, 0.3) is 0 Å². The van der Waals surface area contributed by atoms with Gasteiger partial charge in [-0.25, -0.2) is 0 Å². The van der Waals surface area contributed by atoms with Crippen LogP contribution in [0.5, 0.6) is 0 Å². The lowest BCUT2D eigenvalue weighted by Gasteiger charge is -2.03. The van der Waals surface area contributed by atoms with Crippen LogP contribution in [-0.2, 0) is 11.8 Å². The normalized spacial score (nSPS) is 11.8. The quantitative estimate of drug-likeness (QED) is 0.689. The summed E-state index contributed by atoms with van der Waals surface area (Å²) in [6.45, 7) is 3.51. The highest BCUT2D eigenvalue weighted by atomic mass is 32.2. The number of ketones is 1. The summed E-state index contributed by atoms with van der Waals surface area (Å²) in [5.74, 6) is -0.879. The molecule has 0 aliphatic rings. The van der Waals surface area contributed by atoms with Crippen molar-refractivity contribution >= 4 is 17.5 Å². The van der Waals surface area contributed by atoms with Crippen LogP contribution in [0.2, 0.25) is 0 Å². The molecule has 6 nitrogen and oxygen atoms in total. The van der Waals surface area contributed by atoms with Crippen LogP contribution in [-0.4, -0.2) is 26.3 Å². The van der Waals surface area contributed by atoms with Crippen LogP contribution >= 0.6 is 11.8 Å². The molecule has 0 radical (unpaired) electrons. The van der Waals surface area contributed by atoms with Gasteiger partial charge < -0.3 is 10.3 Å². The molecule has 0 aliphatic heterocycles. The summed E-state index contributed by atoms with van der Waals surface area (Å²) in [6, 6.07) is 1.88. The molecular weight excluding hydrogens is 226 g/mol. The Labute approximate surface area is 97.1 Å². The van der Waals surface area contributed by atoms with Crippen molar-refractivity contribution in [1.29, 1.82) is 5.26 Å². The molecule has 0 unspecified atom stereocenters. The van der Waals surface area contributed by atoms with Crippen LogP contribution in [0.4, 0.5) is 0 Å². The van der Waals surface area contributed by atoms with Gasteiger partial charge in [0.15, 0.2) is 16.9 Å². The average molecular weight is 238 g/mol. The Morgan fingerprint density at radius 2 is 2.56 bits per heavy atom. The summed E-state index contributed by atoms with van der Waals surface area (Å²) in [5.41, 5.74) is 3.84. The third-order valence-electron chi connectivity index (χ3n) is 1.87. The summed E-state index contributed by atoms with van der Waals surface area (Å²) in [4.78, 5) is 11.6. The van der Waals surface area contributed by atoms with E-state index < -0.39 is 5.92 Å². The zero-order valence-corrected chi connectivity index (χ0v) is 9.70. The Morgan fingerprint density at radius 1 is 1.88 bits per heavy atom. The van der Waals surface area contributed by atoms with Gasteiger partial charge in [-0.1, -0.05) is 11.8 Å². The highest BCUT2D eigenvalue weighted by molar-refractivity contribution is 7.99. The largest absolute Gasteiger partial charge is 0.328 e. The predicted octanol–water partition coefficient (Wildman–Crippen LogP) is -0.628. The highest BCUT2D eigenvalue weighted by Gasteiger charge is 2.22. The molecule has 1 rings (SSSR count). The van der Waals surface area contributed by atoms with Crippen LogP contribution in [0, 0.1) is 17.2 Å². The lowest BCUT2D eigenvalue weighted by Crippen LogP contribution is -2.51. The van der Waals surface area contributed by atoms with Gasteiger partial charge in [-0.3, -0.25) is 4.79 Å². The van der Waals surface area contributed by atoms with E-state index >= 15 is 0 Å². The van der Waals surface area contributed by atoms with Crippen molar-refractivity contribution in [2.75, 3.05) is 5.75 Å². The maximum atomic E-state index is 11.6. The van der Waals surface area contributed by atoms with Crippen molar-refractivity contribution < 1.29 is 10.5 Å². The minimum Gasteiger partial charge on any atom is -0.328 e. The number of hydrogen-bond donors (Lipinski definition) is 1. The second-order valence-corrected chi connectivity index (χ2v) is 4.14. The third-order valence-corrected chi connectivity index (χ3v) is 2.93. The molecule has 0 aliphatic carbocycles. The second-order valence-electron chi connectivity index (χ2n) is 3.20. The standard InChI is InChI=1S/C9H11N5OS/c1-6(11)7(3-10)8(15)4-16-9-13-12-5-14(9)2/h5,7H,1,4,11H2,2H3/p+1/t7-/m1/s1. The Balaban J connectivity index is 2.57. The molecule has 0 saturated heterocycles. The smallest absolute Gasteiger partial charge is 0.191 e. The van der Waals surface area contributed by atoms with E-state index in [4.69, 9.17) is 5.26 Å². The highest BCUT2D eigenvalue weighted by Crippen LogP contribution is 2.16. The van der Waals surface area contributed by atoms with E-state index in [2.05, 4.69) is 22.5 Å². The van der Waals surface area contributed by atoms with Gasteiger partial charge >= 0.3 is 0 Å². The van der Waals surface area contributed by atoms with Gasteiger partial charge in [-0.15, -0.1) is 10.2 Å². The van der Waals surface area contributed by atoms with Crippen molar-refractivity contribution in [3.05, 3.63) is 18.6 Å². The minimum atomic E-state index is -0.833. The second kappa shape index (κ2) is 5.44. The zero-order chi connectivity index (χ0) is 12.1. The van der Waals surface area contributed by atoms with Gasteiger partial charge in [0.1, 0.15) is 12.0 Å². The van der Waals surface area contributed by atoms with E-state index in [0.29, 0.717) is 10.9 Å². The molecule has 1 heterocycles. The topological polar surface area (TPSA) is 99.2 Å². The number of carbonyl (C=O) groups is 1. The zero-order valence-electron chi connectivity index (χ0n) is 8.88. The van der Waals surface area contributed by atoms with E-state index in [1.54, 1.807) is 17.9 Å². The van der Waals surface area contributed by atoms with E-state index in [9.17, 15) is 4.79 Å². The van der Waals surface area contributed by atoms with Gasteiger partial charge in [-0.05, 0) is 6.58 Å². The molecule has 0 spiro atoms. The van der Waals surface area contributed by atoms with Crippen molar-refractivity contribution in [1.82, 2.24) is 14.8 Å². The predicted molar refractivity (Wildman–Crippen MR) is 57.9 cm³/mol. The summed E-state index contributed by atoms with van der Waals surface area (Å²) in [5, 5.41) is 16.9. The van der Waals surface area contributed by atoms with Crippen LogP contribution in [0.1, 0.15) is 0 Å². The minimum absolute atomic E-state index is 0.166. The molecule has 1 aromatic heterocycles. The molecule has 1 aromatic rings. The Hall–Kier alpha value is -1.65. The molecule has 0 amide bonds. The Bertz CT molecular complexity index is 447. The first kappa shape index (κ1) is 12.4. The van der Waals surface area contributed by atoms with Gasteiger partial charge in [0, 0.05) is 7.05 Å². The summed E-state index contributed by atoms with van der Waals surface area (Å²) < 4.78 is 1.71. The lowest BCUT2D eigenvalue weighted by molar-refractivity contribution is -0.309. The molecule has 7 heteroatoms. The van der Waals surface area contributed by atoms with Gasteiger partial charge in [0.2, 0.25) is 0 Å². The number of rotatable bonds is 5. The number of nitrogens with zero attached hydrogens (tertiary/aromatic N) is 4. The summed E-state index contributed by atoms with van der Waals surface area (Å²) >= 11 is 1.24. The molecule has 3 N–H and O–H groups in total. The van der Waals surface area contributed by atoms with E-state index in [1.165, 1.54) is 11.8 Å². The number of Topliss-reactive ketones (excluding diaryl/α,β-unsaturated/α-hetero) is 1. The number of hydrogen-bond acceptors (Lipinski definition) is 5. The fourth-order valence-electron chi connectivity index (χ4n) is 1.01. The number of nitriles is 1. The molecule has 0 saturated carbocycles. The monoisotopic (exact) mass is 238 g/mol. The van der Waals surface area contributed by atoms with Crippen LogP contribution in [0.3, 0.4) is 0 Å². The van der Waals surface area contributed by atoms with Crippen molar-refractivity contribution in [3.63, 3.8) is 0 Å². The fraction of sp³-hybridized carbons (Fsp3) is 0.333. The molecule has 1 atom stereocenters. The van der Waals surface area contributed by atoms with Crippen molar-refractivity contribution in [3.8, 4) is 6.07 Å². The van der Waals surface area contributed by atoms with E-state index in [0.717, 1.165) is 0 Å². The summed E-state index contributed by atoms with van der Waals surface area (Å²) in [7, 11) is 1.79. The molecule has 0 aromatic carbocycles. The van der Waals surface area contributed by atoms with Gasteiger partial charge in [0.05, 0.1) is 11.8 Å². The maximum Gasteiger partial charge on any atom is 0.191 e. The fourth-order valence-corrected chi connectivity index (χ4v) is 1.81. The van der Waals surface area contributed by atoms with Crippen molar-refractivity contribution in [2.45, 2.75) is 5.16 Å². The molecule has 0 bridgehead atoms. The Morgan fingerprint density at radius 3 is 3.00 bits per heavy atom. The average Bonchev–Trinajstić information content (AvgIpc) is 2.61. The number of allylic oxidation sites excluding steroid dienone is 1. The molecule has 16 heavy (non-hydrogen) atoms. The number of quaternary nitrogens is 1. The maximum absolute atomic E-state index is 11.6. The SMILES string of the molecule is C=C([NH3+])[C@@H](C#N)C(=O)CSc1nncn1C. The van der Waals surface area contributed by atoms with Crippen LogP contribution in [0.15, 0.2) is 23.8 Å². The Kier molecular flexibility index (Phi) is 4.22. The number of aromatic nitrogens is 3. The number of aryl methyl sites for hydroxylation is 1. The van der Waals surface area contributed by atoms with Crippen LogP contribution < -0.4 is 5.73 Å². The first-order chi connectivity index (χ1) is 7.56. The van der Waals surface area contributed by atoms with Gasteiger partial charge in [0.25, 0.3) is 0 Å².